The second-order valence-electron chi connectivity index (χ2n) is 9.48. The van der Waals surface area contributed by atoms with E-state index < -0.39 is 0 Å². The van der Waals surface area contributed by atoms with E-state index in [-0.39, 0.29) is 11.9 Å². The number of aryl methyl sites for hydroxylation is 1. The van der Waals surface area contributed by atoms with Gasteiger partial charge in [-0.3, -0.25) is 4.79 Å². The third-order valence-electron chi connectivity index (χ3n) is 7.37. The van der Waals surface area contributed by atoms with Crippen molar-refractivity contribution in [2.24, 2.45) is 23.7 Å². The second kappa shape index (κ2) is 11.0. The molecule has 156 valence electrons. The van der Waals surface area contributed by atoms with Crippen molar-refractivity contribution in [2.75, 3.05) is 0 Å². The van der Waals surface area contributed by atoms with Crippen LogP contribution in [0.3, 0.4) is 0 Å². The highest BCUT2D eigenvalue weighted by Crippen LogP contribution is 2.42. The fraction of sp³-hybridized carbons (Fsp3) is 0.731. The van der Waals surface area contributed by atoms with Crippen LogP contribution in [0.5, 0.6) is 5.75 Å². The maximum Gasteiger partial charge on any atom is 0.314 e. The summed E-state index contributed by atoms with van der Waals surface area (Å²) in [5.74, 6) is 3.54. The van der Waals surface area contributed by atoms with Crippen molar-refractivity contribution in [2.45, 2.75) is 97.3 Å². The number of rotatable bonds is 8. The third-order valence-corrected chi connectivity index (χ3v) is 7.37. The summed E-state index contributed by atoms with van der Waals surface area (Å²) in [5.41, 5.74) is 1.19. The van der Waals surface area contributed by atoms with E-state index >= 15 is 0 Å². The first-order valence-electron chi connectivity index (χ1n) is 11.9. The molecule has 0 saturated heterocycles. The monoisotopic (exact) mass is 384 g/mol. The molecule has 0 bridgehead atoms. The lowest BCUT2D eigenvalue weighted by molar-refractivity contribution is -0.140. The molecule has 0 aromatic heterocycles. The highest BCUT2D eigenvalue weighted by atomic mass is 16.5. The summed E-state index contributed by atoms with van der Waals surface area (Å²) in [6, 6.07) is 7.80. The Morgan fingerprint density at radius 2 is 1.46 bits per heavy atom. The molecule has 2 heteroatoms. The molecule has 28 heavy (non-hydrogen) atoms. The van der Waals surface area contributed by atoms with Crippen molar-refractivity contribution >= 4 is 5.97 Å². The zero-order valence-corrected chi connectivity index (χ0v) is 18.1. The molecule has 2 saturated carbocycles. The van der Waals surface area contributed by atoms with E-state index in [1.807, 2.05) is 31.2 Å². The first-order chi connectivity index (χ1) is 13.7. The lowest BCUT2D eigenvalue weighted by Gasteiger charge is -2.37. The second-order valence-corrected chi connectivity index (χ2v) is 9.48. The van der Waals surface area contributed by atoms with Crippen LogP contribution in [0.15, 0.2) is 24.3 Å². The van der Waals surface area contributed by atoms with Crippen LogP contribution in [0.4, 0.5) is 0 Å². The molecule has 0 heterocycles. The van der Waals surface area contributed by atoms with Crippen LogP contribution in [0.2, 0.25) is 0 Å². The van der Waals surface area contributed by atoms with Gasteiger partial charge in [-0.15, -0.1) is 0 Å². The van der Waals surface area contributed by atoms with Gasteiger partial charge in [-0.1, -0.05) is 69.6 Å². The standard InChI is InChI=1S/C26H40O2/c1-3-4-5-6-7-21-10-12-22(13-11-21)23-14-16-24(17-15-23)26(27)28-25-18-8-20(2)9-19-25/h8-9,18-19,21-24H,3-7,10-17H2,1-2H3. The summed E-state index contributed by atoms with van der Waals surface area (Å²) in [5, 5.41) is 0. The number of carbonyl (C=O) groups excluding carboxylic acids is 1. The van der Waals surface area contributed by atoms with Crippen molar-refractivity contribution in [3.05, 3.63) is 29.8 Å². The maximum absolute atomic E-state index is 12.5. The molecule has 0 radical (unpaired) electrons. The van der Waals surface area contributed by atoms with Gasteiger partial charge in [0.1, 0.15) is 5.75 Å². The summed E-state index contributed by atoms with van der Waals surface area (Å²) < 4.78 is 5.62. The Labute approximate surface area is 172 Å². The Morgan fingerprint density at radius 3 is 2.07 bits per heavy atom. The molecule has 1 aromatic carbocycles. The Morgan fingerprint density at radius 1 is 0.857 bits per heavy atom. The van der Waals surface area contributed by atoms with Crippen molar-refractivity contribution in [3.8, 4) is 5.75 Å². The zero-order chi connectivity index (χ0) is 19.8. The topological polar surface area (TPSA) is 26.3 Å². The van der Waals surface area contributed by atoms with Gasteiger partial charge in [0.2, 0.25) is 0 Å². The molecule has 0 aliphatic heterocycles. The third kappa shape index (κ3) is 6.36. The number of hydrogen-bond acceptors (Lipinski definition) is 2. The molecule has 0 atom stereocenters. The van der Waals surface area contributed by atoms with Crippen LogP contribution in [0.1, 0.15) is 96.0 Å². The van der Waals surface area contributed by atoms with E-state index in [0.717, 1.165) is 30.6 Å². The van der Waals surface area contributed by atoms with Crippen LogP contribution >= 0.6 is 0 Å². The molecule has 2 nitrogen and oxygen atoms in total. The number of hydrogen-bond donors (Lipinski definition) is 0. The van der Waals surface area contributed by atoms with Gasteiger partial charge in [0.25, 0.3) is 0 Å². The average molecular weight is 385 g/mol. The van der Waals surface area contributed by atoms with Gasteiger partial charge in [-0.2, -0.15) is 0 Å². The molecule has 0 unspecified atom stereocenters. The van der Waals surface area contributed by atoms with Crippen LogP contribution in [0, 0.1) is 30.6 Å². The van der Waals surface area contributed by atoms with Gasteiger partial charge in [0.05, 0.1) is 5.92 Å². The van der Waals surface area contributed by atoms with E-state index in [9.17, 15) is 4.79 Å². The van der Waals surface area contributed by atoms with E-state index in [1.54, 1.807) is 0 Å². The van der Waals surface area contributed by atoms with Crippen molar-refractivity contribution in [3.63, 3.8) is 0 Å². The zero-order valence-electron chi connectivity index (χ0n) is 18.1. The summed E-state index contributed by atoms with van der Waals surface area (Å²) in [6.45, 7) is 4.34. The van der Waals surface area contributed by atoms with Gasteiger partial charge >= 0.3 is 5.97 Å². The number of esters is 1. The SMILES string of the molecule is CCCCCCC1CCC(C2CCC(C(=O)Oc3ccc(C)cc3)CC2)CC1. The Kier molecular flexibility index (Phi) is 8.43. The smallest absolute Gasteiger partial charge is 0.314 e. The van der Waals surface area contributed by atoms with Gasteiger partial charge < -0.3 is 4.74 Å². The summed E-state index contributed by atoms with van der Waals surface area (Å²) in [6.07, 6.45) is 17.3. The van der Waals surface area contributed by atoms with Crippen molar-refractivity contribution in [1.29, 1.82) is 0 Å². The molecule has 2 fully saturated rings. The lowest BCUT2D eigenvalue weighted by Crippen LogP contribution is -2.30. The van der Waals surface area contributed by atoms with Crippen LogP contribution in [0.25, 0.3) is 0 Å². The first kappa shape index (κ1) is 21.4. The normalized spacial score (nSPS) is 28.1. The minimum Gasteiger partial charge on any atom is -0.426 e. The fourth-order valence-corrected chi connectivity index (χ4v) is 5.44. The Balaban J connectivity index is 1.35. The number of ether oxygens (including phenoxy) is 1. The largest absolute Gasteiger partial charge is 0.426 e. The van der Waals surface area contributed by atoms with Crippen LogP contribution in [-0.4, -0.2) is 5.97 Å². The van der Waals surface area contributed by atoms with Gasteiger partial charge in [0.15, 0.2) is 0 Å². The van der Waals surface area contributed by atoms with Crippen LogP contribution in [-0.2, 0) is 4.79 Å². The fourth-order valence-electron chi connectivity index (χ4n) is 5.44. The molecule has 3 rings (SSSR count). The highest BCUT2D eigenvalue weighted by molar-refractivity contribution is 5.75. The van der Waals surface area contributed by atoms with Crippen molar-refractivity contribution in [1.82, 2.24) is 0 Å². The minimum absolute atomic E-state index is 0.0157. The van der Waals surface area contributed by atoms with E-state index in [1.165, 1.54) is 76.2 Å². The molecule has 0 amide bonds. The average Bonchev–Trinajstić information content (AvgIpc) is 2.73. The Hall–Kier alpha value is -1.31. The highest BCUT2D eigenvalue weighted by Gasteiger charge is 2.33. The minimum atomic E-state index is -0.0157. The predicted molar refractivity (Wildman–Crippen MR) is 116 cm³/mol. The molecule has 1 aromatic rings. The van der Waals surface area contributed by atoms with Gasteiger partial charge in [-0.05, 0) is 75.3 Å². The Bertz CT molecular complexity index is 575. The van der Waals surface area contributed by atoms with Crippen molar-refractivity contribution < 1.29 is 9.53 Å². The number of unbranched alkanes of at least 4 members (excludes halogenated alkanes) is 3. The molecule has 0 spiro atoms. The molecular weight excluding hydrogens is 344 g/mol. The lowest BCUT2D eigenvalue weighted by atomic mass is 9.68. The molecule has 2 aliphatic carbocycles. The predicted octanol–water partition coefficient (Wildman–Crippen LogP) is 7.48. The first-order valence-corrected chi connectivity index (χ1v) is 11.9. The number of carbonyl (C=O) groups is 1. The van der Waals surface area contributed by atoms with Gasteiger partial charge in [0, 0.05) is 0 Å². The number of benzene rings is 1. The summed E-state index contributed by atoms with van der Waals surface area (Å²) >= 11 is 0. The molecular formula is C26H40O2. The van der Waals surface area contributed by atoms with E-state index in [2.05, 4.69) is 6.92 Å². The van der Waals surface area contributed by atoms with E-state index in [4.69, 9.17) is 4.74 Å². The van der Waals surface area contributed by atoms with Gasteiger partial charge in [-0.25, -0.2) is 0 Å². The molecule has 0 N–H and O–H groups in total. The molecule has 2 aliphatic rings. The summed E-state index contributed by atoms with van der Waals surface area (Å²) in [4.78, 5) is 12.5. The van der Waals surface area contributed by atoms with Crippen LogP contribution < -0.4 is 4.74 Å². The maximum atomic E-state index is 12.5. The summed E-state index contributed by atoms with van der Waals surface area (Å²) in [7, 11) is 0. The van der Waals surface area contributed by atoms with E-state index in [0.29, 0.717) is 5.75 Å². The quantitative estimate of drug-likeness (QED) is 0.264.